The highest BCUT2D eigenvalue weighted by Gasteiger charge is 2.31. The maximum Gasteiger partial charge on any atom is 0.0728 e. The quantitative estimate of drug-likeness (QED) is 0.832. The summed E-state index contributed by atoms with van der Waals surface area (Å²) in [7, 11) is 1.96. The zero-order valence-corrected chi connectivity index (χ0v) is 10.8. The van der Waals surface area contributed by atoms with E-state index in [0.29, 0.717) is 11.5 Å². The third kappa shape index (κ3) is 2.77. The van der Waals surface area contributed by atoms with Gasteiger partial charge in [-0.05, 0) is 30.6 Å². The zero-order chi connectivity index (χ0) is 11.8. The van der Waals surface area contributed by atoms with Crippen molar-refractivity contribution in [2.45, 2.75) is 46.1 Å². The van der Waals surface area contributed by atoms with Crippen LogP contribution < -0.4 is 5.32 Å². The van der Waals surface area contributed by atoms with E-state index in [1.165, 1.54) is 19.3 Å². The molecule has 0 aliphatic heterocycles. The summed E-state index contributed by atoms with van der Waals surface area (Å²) < 4.78 is 1.85. The van der Waals surface area contributed by atoms with Crippen molar-refractivity contribution in [2.24, 2.45) is 18.4 Å². The van der Waals surface area contributed by atoms with Gasteiger partial charge in [-0.25, -0.2) is 0 Å². The molecule has 1 saturated carbocycles. The third-order valence-electron chi connectivity index (χ3n) is 3.46. The smallest absolute Gasteiger partial charge is 0.0728 e. The summed E-state index contributed by atoms with van der Waals surface area (Å²) in [5.74, 6) is 0.818. The summed E-state index contributed by atoms with van der Waals surface area (Å²) in [6.45, 7) is 7.11. The minimum atomic E-state index is 0.470. The summed E-state index contributed by atoms with van der Waals surface area (Å²) in [6.07, 6.45) is 7.83. The predicted molar refractivity (Wildman–Crippen MR) is 67.4 cm³/mol. The molecule has 2 unspecified atom stereocenters. The number of rotatable bonds is 2. The molecule has 1 aliphatic carbocycles. The van der Waals surface area contributed by atoms with Crippen LogP contribution in [0.2, 0.25) is 0 Å². The molecule has 1 aromatic heterocycles. The lowest BCUT2D eigenvalue weighted by molar-refractivity contribution is 0.178. The number of hydrogen-bond donors (Lipinski definition) is 1. The highest BCUT2D eigenvalue weighted by atomic mass is 15.3. The summed E-state index contributed by atoms with van der Waals surface area (Å²) in [6, 6.07) is 0.600. The molecule has 0 bridgehead atoms. The van der Waals surface area contributed by atoms with Crippen LogP contribution in [0.1, 0.15) is 40.0 Å². The van der Waals surface area contributed by atoms with Gasteiger partial charge < -0.3 is 5.32 Å². The van der Waals surface area contributed by atoms with Gasteiger partial charge in [0.15, 0.2) is 0 Å². The average molecular weight is 221 g/mol. The zero-order valence-electron chi connectivity index (χ0n) is 10.8. The van der Waals surface area contributed by atoms with E-state index in [0.717, 1.165) is 11.6 Å². The van der Waals surface area contributed by atoms with Crippen LogP contribution >= 0.6 is 0 Å². The van der Waals surface area contributed by atoms with Gasteiger partial charge in [-0.15, -0.1) is 0 Å². The van der Waals surface area contributed by atoms with Crippen molar-refractivity contribution in [2.75, 3.05) is 5.32 Å². The second kappa shape index (κ2) is 4.11. The average Bonchev–Trinajstić information content (AvgIpc) is 2.46. The Morgan fingerprint density at radius 2 is 2.19 bits per heavy atom. The fourth-order valence-electron chi connectivity index (χ4n) is 3.19. The van der Waals surface area contributed by atoms with Crippen LogP contribution in [0.25, 0.3) is 0 Å². The summed E-state index contributed by atoms with van der Waals surface area (Å²) in [5, 5.41) is 7.80. The summed E-state index contributed by atoms with van der Waals surface area (Å²) in [5.41, 5.74) is 1.62. The Labute approximate surface area is 98.2 Å². The number of aryl methyl sites for hydroxylation is 1. The molecule has 1 fully saturated rings. The Hall–Kier alpha value is -0.990. The van der Waals surface area contributed by atoms with Gasteiger partial charge in [0.05, 0.1) is 11.9 Å². The molecule has 0 radical (unpaired) electrons. The highest BCUT2D eigenvalue weighted by molar-refractivity contribution is 5.39. The molecule has 16 heavy (non-hydrogen) atoms. The molecule has 1 N–H and O–H groups in total. The minimum absolute atomic E-state index is 0.470. The fraction of sp³-hybridized carbons (Fsp3) is 0.769. The first-order valence-electron chi connectivity index (χ1n) is 6.20. The van der Waals surface area contributed by atoms with Gasteiger partial charge in [0, 0.05) is 19.3 Å². The van der Waals surface area contributed by atoms with Crippen LogP contribution in [-0.4, -0.2) is 15.8 Å². The number of aromatic nitrogens is 2. The van der Waals surface area contributed by atoms with Crippen molar-refractivity contribution >= 4 is 5.69 Å². The van der Waals surface area contributed by atoms with E-state index in [1.807, 2.05) is 24.1 Å². The minimum Gasteiger partial charge on any atom is -0.380 e. The van der Waals surface area contributed by atoms with Crippen molar-refractivity contribution in [1.29, 1.82) is 0 Å². The molecule has 0 aromatic carbocycles. The predicted octanol–water partition coefficient (Wildman–Crippen LogP) is 3.05. The Bertz CT molecular complexity index is 354. The first-order chi connectivity index (χ1) is 7.44. The Balaban J connectivity index is 1.99. The second-order valence-corrected chi connectivity index (χ2v) is 6.16. The van der Waals surface area contributed by atoms with Crippen LogP contribution in [0.5, 0.6) is 0 Å². The molecule has 3 heteroatoms. The molecule has 90 valence electrons. The van der Waals surface area contributed by atoms with Crippen LogP contribution in [0, 0.1) is 11.3 Å². The van der Waals surface area contributed by atoms with Gasteiger partial charge in [-0.1, -0.05) is 20.8 Å². The molecule has 1 aromatic rings. The first kappa shape index (κ1) is 11.5. The maximum absolute atomic E-state index is 4.19. The molecule has 2 rings (SSSR count). The van der Waals surface area contributed by atoms with Crippen LogP contribution in [0.3, 0.4) is 0 Å². The van der Waals surface area contributed by atoms with Gasteiger partial charge in [-0.3, -0.25) is 4.68 Å². The lowest BCUT2D eigenvalue weighted by Crippen LogP contribution is -2.35. The van der Waals surface area contributed by atoms with Gasteiger partial charge >= 0.3 is 0 Å². The lowest BCUT2D eigenvalue weighted by atomic mass is 9.70. The van der Waals surface area contributed by atoms with Gasteiger partial charge in [-0.2, -0.15) is 5.10 Å². The molecule has 2 atom stereocenters. The Kier molecular flexibility index (Phi) is 2.96. The van der Waals surface area contributed by atoms with Crippen LogP contribution in [0.15, 0.2) is 12.4 Å². The number of anilines is 1. The lowest BCUT2D eigenvalue weighted by Gasteiger charge is -2.39. The number of nitrogens with one attached hydrogen (secondary N) is 1. The van der Waals surface area contributed by atoms with Crippen molar-refractivity contribution in [3.05, 3.63) is 12.4 Å². The van der Waals surface area contributed by atoms with Crippen molar-refractivity contribution in [1.82, 2.24) is 9.78 Å². The molecule has 0 saturated heterocycles. The largest absolute Gasteiger partial charge is 0.380 e. The Morgan fingerprint density at radius 3 is 2.75 bits per heavy atom. The molecular formula is C13H23N3. The molecule has 1 heterocycles. The number of hydrogen-bond acceptors (Lipinski definition) is 2. The van der Waals surface area contributed by atoms with Crippen molar-refractivity contribution < 1.29 is 0 Å². The SMILES string of the molecule is CC1CC(Nc2cnn(C)c2)CC(C)(C)C1. The maximum atomic E-state index is 4.19. The van der Waals surface area contributed by atoms with Crippen molar-refractivity contribution in [3.8, 4) is 0 Å². The van der Waals surface area contributed by atoms with E-state index in [1.54, 1.807) is 0 Å². The van der Waals surface area contributed by atoms with E-state index in [9.17, 15) is 0 Å². The topological polar surface area (TPSA) is 29.9 Å². The van der Waals surface area contributed by atoms with Gasteiger partial charge in [0.25, 0.3) is 0 Å². The molecular weight excluding hydrogens is 198 g/mol. The summed E-state index contributed by atoms with van der Waals surface area (Å²) >= 11 is 0. The molecule has 1 aliphatic rings. The van der Waals surface area contributed by atoms with E-state index in [4.69, 9.17) is 0 Å². The molecule has 3 nitrogen and oxygen atoms in total. The highest BCUT2D eigenvalue weighted by Crippen LogP contribution is 2.39. The van der Waals surface area contributed by atoms with E-state index in [2.05, 4.69) is 31.2 Å². The van der Waals surface area contributed by atoms with E-state index in [-0.39, 0.29) is 0 Å². The van der Waals surface area contributed by atoms with Gasteiger partial charge in [0.2, 0.25) is 0 Å². The van der Waals surface area contributed by atoms with Gasteiger partial charge in [0.1, 0.15) is 0 Å². The van der Waals surface area contributed by atoms with E-state index >= 15 is 0 Å². The number of nitrogens with zero attached hydrogens (tertiary/aromatic N) is 2. The fourth-order valence-corrected chi connectivity index (χ4v) is 3.19. The normalized spacial score (nSPS) is 29.0. The monoisotopic (exact) mass is 221 g/mol. The summed E-state index contributed by atoms with van der Waals surface area (Å²) in [4.78, 5) is 0. The molecule has 0 spiro atoms. The van der Waals surface area contributed by atoms with E-state index < -0.39 is 0 Å². The van der Waals surface area contributed by atoms with Crippen LogP contribution in [-0.2, 0) is 7.05 Å². The first-order valence-corrected chi connectivity index (χ1v) is 6.20. The van der Waals surface area contributed by atoms with Crippen LogP contribution in [0.4, 0.5) is 5.69 Å². The second-order valence-electron chi connectivity index (χ2n) is 6.16. The third-order valence-corrected chi connectivity index (χ3v) is 3.46. The molecule has 0 amide bonds. The standard InChI is InChI=1S/C13H23N3/c1-10-5-11(7-13(2,3)6-10)15-12-8-14-16(4)9-12/h8-11,15H,5-7H2,1-4H3. The Morgan fingerprint density at radius 1 is 1.44 bits per heavy atom. The van der Waals surface area contributed by atoms with Crippen molar-refractivity contribution in [3.63, 3.8) is 0 Å².